The van der Waals surface area contributed by atoms with Gasteiger partial charge in [-0.2, -0.15) is 4.31 Å². The number of anilines is 1. The summed E-state index contributed by atoms with van der Waals surface area (Å²) in [6.45, 7) is 4.17. The Morgan fingerprint density at radius 3 is 2.32 bits per heavy atom. The van der Waals surface area contributed by atoms with Crippen molar-refractivity contribution in [3.05, 3.63) is 59.7 Å². The molecule has 8 heteroatoms. The summed E-state index contributed by atoms with van der Waals surface area (Å²) in [4.78, 5) is 26.9. The summed E-state index contributed by atoms with van der Waals surface area (Å²) >= 11 is 0. The van der Waals surface area contributed by atoms with Crippen LogP contribution in [0, 0.1) is 6.92 Å². The molecule has 1 saturated heterocycles. The molecule has 166 valence electrons. The number of benzene rings is 2. The van der Waals surface area contributed by atoms with Crippen molar-refractivity contribution >= 4 is 27.6 Å². The number of hydrogen-bond donors (Lipinski definition) is 0. The fourth-order valence-electron chi connectivity index (χ4n) is 3.56. The molecule has 1 fully saturated rings. The Hall–Kier alpha value is -2.71. The standard InChI is InChI=1S/C23H28N2O5S/c1-17-12-13-20(31(28,29)25-14-8-5-9-15-25)16-21(17)23(27)30-18(2)22(26)24(3)19-10-6-4-7-11-19/h4,6-7,10-13,16,18H,5,8-9,14-15H2,1-3H3/t18-/m0/s1. The first-order valence-electron chi connectivity index (χ1n) is 10.4. The zero-order valence-electron chi connectivity index (χ0n) is 18.1. The molecule has 0 saturated carbocycles. The van der Waals surface area contributed by atoms with Gasteiger partial charge in [-0.15, -0.1) is 0 Å². The Morgan fingerprint density at radius 1 is 1.03 bits per heavy atom. The fourth-order valence-corrected chi connectivity index (χ4v) is 5.11. The maximum Gasteiger partial charge on any atom is 0.339 e. The third kappa shape index (κ3) is 5.14. The molecule has 0 N–H and O–H groups in total. The van der Waals surface area contributed by atoms with Crippen LogP contribution in [-0.4, -0.2) is 50.8 Å². The second kappa shape index (κ2) is 9.62. The SMILES string of the molecule is Cc1ccc(S(=O)(=O)N2CCCCC2)cc1C(=O)O[C@@H](C)C(=O)N(C)c1ccccc1. The van der Waals surface area contributed by atoms with Gasteiger partial charge in [0, 0.05) is 25.8 Å². The van der Waals surface area contributed by atoms with Crippen LogP contribution in [0.3, 0.4) is 0 Å². The summed E-state index contributed by atoms with van der Waals surface area (Å²) in [5, 5.41) is 0. The van der Waals surface area contributed by atoms with Gasteiger partial charge < -0.3 is 9.64 Å². The number of hydrogen-bond acceptors (Lipinski definition) is 5. The van der Waals surface area contributed by atoms with Crippen molar-refractivity contribution < 1.29 is 22.7 Å². The molecule has 3 rings (SSSR count). The topological polar surface area (TPSA) is 84.0 Å². The van der Waals surface area contributed by atoms with Crippen LogP contribution in [0.25, 0.3) is 0 Å². The fraction of sp³-hybridized carbons (Fsp3) is 0.391. The molecule has 0 aliphatic carbocycles. The largest absolute Gasteiger partial charge is 0.449 e. The van der Waals surface area contributed by atoms with Crippen LogP contribution in [0.1, 0.15) is 42.1 Å². The van der Waals surface area contributed by atoms with E-state index in [1.54, 1.807) is 32.2 Å². The Balaban J connectivity index is 1.77. The van der Waals surface area contributed by atoms with Crippen molar-refractivity contribution in [2.75, 3.05) is 25.0 Å². The highest BCUT2D eigenvalue weighted by Crippen LogP contribution is 2.24. The molecule has 1 amide bonds. The summed E-state index contributed by atoms with van der Waals surface area (Å²) in [6.07, 6.45) is 1.64. The van der Waals surface area contributed by atoms with Crippen LogP contribution < -0.4 is 4.90 Å². The zero-order chi connectivity index (χ0) is 22.6. The van der Waals surface area contributed by atoms with Crippen LogP contribution in [0.5, 0.6) is 0 Å². The molecule has 7 nitrogen and oxygen atoms in total. The second-order valence-electron chi connectivity index (χ2n) is 7.72. The van der Waals surface area contributed by atoms with E-state index in [0.717, 1.165) is 19.3 Å². The van der Waals surface area contributed by atoms with Crippen LogP contribution in [0.2, 0.25) is 0 Å². The highest BCUT2D eigenvalue weighted by Gasteiger charge is 2.28. The number of sulfonamides is 1. The predicted octanol–water partition coefficient (Wildman–Crippen LogP) is 3.38. The Morgan fingerprint density at radius 2 is 1.68 bits per heavy atom. The van der Waals surface area contributed by atoms with Gasteiger partial charge in [-0.05, 0) is 56.5 Å². The van der Waals surface area contributed by atoms with Crippen molar-refractivity contribution in [3.63, 3.8) is 0 Å². The number of carbonyl (C=O) groups excluding carboxylic acids is 2. The van der Waals surface area contributed by atoms with Gasteiger partial charge in [0.1, 0.15) is 0 Å². The summed E-state index contributed by atoms with van der Waals surface area (Å²) in [7, 11) is -2.07. The van der Waals surface area contributed by atoms with Gasteiger partial charge in [0.2, 0.25) is 10.0 Å². The molecule has 1 heterocycles. The summed E-state index contributed by atoms with van der Waals surface area (Å²) in [5.41, 5.74) is 1.40. The number of amides is 1. The third-order valence-electron chi connectivity index (χ3n) is 5.49. The lowest BCUT2D eigenvalue weighted by molar-refractivity contribution is -0.126. The Bertz CT molecular complexity index is 1050. The van der Waals surface area contributed by atoms with Gasteiger partial charge in [-0.1, -0.05) is 30.7 Å². The minimum absolute atomic E-state index is 0.0623. The molecule has 1 aliphatic rings. The summed E-state index contributed by atoms with van der Waals surface area (Å²) < 4.78 is 32.8. The third-order valence-corrected chi connectivity index (χ3v) is 7.38. The number of likely N-dealkylation sites (N-methyl/N-ethyl adjacent to an activating group) is 1. The van der Waals surface area contributed by atoms with Gasteiger partial charge in [0.25, 0.3) is 5.91 Å². The molecule has 31 heavy (non-hydrogen) atoms. The first-order valence-corrected chi connectivity index (χ1v) is 11.8. The van der Waals surface area contributed by atoms with Crippen LogP contribution in [-0.2, 0) is 19.6 Å². The number of carbonyl (C=O) groups is 2. The minimum Gasteiger partial charge on any atom is -0.449 e. The summed E-state index contributed by atoms with van der Waals surface area (Å²) in [5.74, 6) is -1.11. The number of aryl methyl sites for hydroxylation is 1. The average Bonchev–Trinajstić information content (AvgIpc) is 2.79. The van der Waals surface area contributed by atoms with Gasteiger partial charge >= 0.3 is 5.97 Å². The second-order valence-corrected chi connectivity index (χ2v) is 9.66. The molecular formula is C23H28N2O5S. The maximum absolute atomic E-state index is 13.0. The van der Waals surface area contributed by atoms with Crippen LogP contribution in [0.15, 0.2) is 53.4 Å². The van der Waals surface area contributed by atoms with E-state index >= 15 is 0 Å². The molecular weight excluding hydrogens is 416 g/mol. The van der Waals surface area contributed by atoms with Gasteiger partial charge in [-0.25, -0.2) is 13.2 Å². The number of para-hydroxylation sites is 1. The van der Waals surface area contributed by atoms with Crippen molar-refractivity contribution in [2.45, 2.75) is 44.1 Å². The van der Waals surface area contributed by atoms with Crippen LogP contribution >= 0.6 is 0 Å². The highest BCUT2D eigenvalue weighted by atomic mass is 32.2. The van der Waals surface area contributed by atoms with E-state index in [4.69, 9.17) is 4.74 Å². The molecule has 0 spiro atoms. The van der Waals surface area contributed by atoms with E-state index in [-0.39, 0.29) is 16.4 Å². The lowest BCUT2D eigenvalue weighted by Crippen LogP contribution is -2.37. The molecule has 0 aromatic heterocycles. The van der Waals surface area contributed by atoms with E-state index < -0.39 is 22.1 Å². The minimum atomic E-state index is -3.68. The monoisotopic (exact) mass is 444 g/mol. The molecule has 2 aromatic rings. The van der Waals surface area contributed by atoms with Crippen molar-refractivity contribution in [2.24, 2.45) is 0 Å². The molecule has 0 bridgehead atoms. The average molecular weight is 445 g/mol. The first-order chi connectivity index (χ1) is 14.7. The number of nitrogens with zero attached hydrogens (tertiary/aromatic N) is 2. The zero-order valence-corrected chi connectivity index (χ0v) is 18.9. The maximum atomic E-state index is 13.0. The van der Waals surface area contributed by atoms with E-state index in [2.05, 4.69) is 0 Å². The first kappa shape index (κ1) is 23.0. The molecule has 0 radical (unpaired) electrons. The Kier molecular flexibility index (Phi) is 7.12. The highest BCUT2D eigenvalue weighted by molar-refractivity contribution is 7.89. The predicted molar refractivity (Wildman–Crippen MR) is 119 cm³/mol. The van der Waals surface area contributed by atoms with E-state index in [1.165, 1.54) is 28.3 Å². The number of ether oxygens (including phenoxy) is 1. The van der Waals surface area contributed by atoms with Crippen molar-refractivity contribution in [1.82, 2.24) is 4.31 Å². The number of esters is 1. The van der Waals surface area contributed by atoms with E-state index in [9.17, 15) is 18.0 Å². The lowest BCUT2D eigenvalue weighted by Gasteiger charge is -2.26. The number of rotatable bonds is 6. The molecule has 2 aromatic carbocycles. The lowest BCUT2D eigenvalue weighted by atomic mass is 10.1. The van der Waals surface area contributed by atoms with Gasteiger partial charge in [0.15, 0.2) is 6.10 Å². The van der Waals surface area contributed by atoms with Crippen LogP contribution in [0.4, 0.5) is 5.69 Å². The normalized spacial score (nSPS) is 15.8. The van der Waals surface area contributed by atoms with E-state index in [0.29, 0.717) is 24.3 Å². The van der Waals surface area contributed by atoms with Gasteiger partial charge in [0.05, 0.1) is 10.5 Å². The summed E-state index contributed by atoms with van der Waals surface area (Å²) in [6, 6.07) is 13.5. The van der Waals surface area contributed by atoms with Crippen molar-refractivity contribution in [3.8, 4) is 0 Å². The van der Waals surface area contributed by atoms with Crippen molar-refractivity contribution in [1.29, 1.82) is 0 Å². The number of piperidine rings is 1. The smallest absolute Gasteiger partial charge is 0.339 e. The molecule has 0 unspecified atom stereocenters. The quantitative estimate of drug-likeness (QED) is 0.638. The molecule has 1 atom stereocenters. The molecule has 1 aliphatic heterocycles. The van der Waals surface area contributed by atoms with Gasteiger partial charge in [-0.3, -0.25) is 4.79 Å². The Labute approximate surface area is 183 Å². The van der Waals surface area contributed by atoms with E-state index in [1.807, 2.05) is 18.2 Å².